The molecule has 1 amide bonds. The highest BCUT2D eigenvalue weighted by Gasteiger charge is 2.51. The van der Waals surface area contributed by atoms with Crippen LogP contribution in [-0.4, -0.2) is 28.4 Å². The molecular weight excluding hydrogens is 376 g/mol. The van der Waals surface area contributed by atoms with E-state index in [9.17, 15) is 22.0 Å². The van der Waals surface area contributed by atoms with Crippen molar-refractivity contribution in [3.05, 3.63) is 53.6 Å². The Morgan fingerprint density at radius 1 is 1.04 bits per heavy atom. The molecule has 1 fully saturated rings. The van der Waals surface area contributed by atoms with E-state index in [0.29, 0.717) is 18.4 Å². The Kier molecular flexibility index (Phi) is 3.71. The third-order valence-electron chi connectivity index (χ3n) is 5.26. The number of rotatable bonds is 3. The van der Waals surface area contributed by atoms with Gasteiger partial charge in [0.05, 0.1) is 22.5 Å². The summed E-state index contributed by atoms with van der Waals surface area (Å²) >= 11 is 0. The smallest absolute Gasteiger partial charge is 0.323 e. The third kappa shape index (κ3) is 2.56. The summed E-state index contributed by atoms with van der Waals surface area (Å²) in [7, 11) is -1.04. The molecule has 0 radical (unpaired) electrons. The lowest BCUT2D eigenvalue weighted by atomic mass is 9.95. The topological polar surface area (TPSA) is 69.7 Å². The van der Waals surface area contributed by atoms with Crippen LogP contribution in [0.25, 0.3) is 0 Å². The summed E-state index contributed by atoms with van der Waals surface area (Å²) in [5.41, 5.74) is 0.244. The minimum atomic E-state index is -3.74. The zero-order valence-electron chi connectivity index (χ0n) is 14.7. The number of amides is 1. The van der Waals surface area contributed by atoms with Gasteiger partial charge in [-0.15, -0.1) is 0 Å². The molecule has 0 spiro atoms. The molecule has 1 N–H and O–H groups in total. The van der Waals surface area contributed by atoms with Gasteiger partial charge in [-0.05, 0) is 36.6 Å². The van der Waals surface area contributed by atoms with Crippen LogP contribution in [-0.2, 0) is 20.4 Å². The lowest BCUT2D eigenvalue weighted by Crippen LogP contribution is -2.32. The van der Waals surface area contributed by atoms with Crippen LogP contribution < -0.4 is 13.9 Å². The zero-order chi connectivity index (χ0) is 19.6. The van der Waals surface area contributed by atoms with Crippen LogP contribution in [0.1, 0.15) is 18.4 Å². The first kappa shape index (κ1) is 17.7. The number of halogens is 2. The van der Waals surface area contributed by atoms with Gasteiger partial charge in [-0.2, -0.15) is 8.42 Å². The zero-order valence-corrected chi connectivity index (χ0v) is 15.5. The van der Waals surface area contributed by atoms with Gasteiger partial charge in [0.1, 0.15) is 11.6 Å². The van der Waals surface area contributed by atoms with E-state index in [1.807, 2.05) is 0 Å². The van der Waals surface area contributed by atoms with Gasteiger partial charge >= 0.3 is 10.2 Å². The lowest BCUT2D eigenvalue weighted by Gasteiger charge is -2.17. The average molecular weight is 393 g/mol. The molecule has 1 saturated carbocycles. The predicted molar refractivity (Wildman–Crippen MR) is 98.1 cm³/mol. The summed E-state index contributed by atoms with van der Waals surface area (Å²) < 4.78 is 54.1. The highest BCUT2D eigenvalue weighted by Crippen LogP contribution is 2.49. The van der Waals surface area contributed by atoms with Gasteiger partial charge in [-0.1, -0.05) is 12.1 Å². The molecule has 4 rings (SSSR count). The Morgan fingerprint density at radius 2 is 1.59 bits per heavy atom. The van der Waals surface area contributed by atoms with Crippen molar-refractivity contribution >= 4 is 33.2 Å². The van der Waals surface area contributed by atoms with E-state index in [4.69, 9.17) is 0 Å². The Bertz CT molecular complexity index is 1050. The SMILES string of the molecule is CN1c2cc(F)c(NC(=O)C3(c4ccc(F)cc4)CC3)cc2N(C)S1(=O)=O. The molecule has 9 heteroatoms. The van der Waals surface area contributed by atoms with Gasteiger partial charge in [0.15, 0.2) is 0 Å². The van der Waals surface area contributed by atoms with Crippen LogP contribution in [0, 0.1) is 11.6 Å². The average Bonchev–Trinajstić information content (AvgIpc) is 3.41. The third-order valence-corrected chi connectivity index (χ3v) is 7.04. The maximum absolute atomic E-state index is 14.5. The fraction of sp³-hybridized carbons (Fsp3) is 0.278. The number of nitrogens with zero attached hydrogens (tertiary/aromatic N) is 2. The molecule has 0 bridgehead atoms. The Morgan fingerprint density at radius 3 is 2.15 bits per heavy atom. The summed E-state index contributed by atoms with van der Waals surface area (Å²) in [6.45, 7) is 0. The predicted octanol–water partition coefficient (Wildman–Crippen LogP) is 2.77. The number of benzene rings is 2. The number of fused-ring (bicyclic) bond motifs is 1. The van der Waals surface area contributed by atoms with Crippen LogP contribution in [0.3, 0.4) is 0 Å². The van der Waals surface area contributed by atoms with Crippen molar-refractivity contribution in [2.45, 2.75) is 18.3 Å². The van der Waals surface area contributed by atoms with Crippen molar-refractivity contribution in [2.75, 3.05) is 28.0 Å². The van der Waals surface area contributed by atoms with E-state index in [0.717, 1.165) is 14.7 Å². The van der Waals surface area contributed by atoms with Gasteiger partial charge in [-0.25, -0.2) is 8.78 Å². The number of carbonyl (C=O) groups is 1. The molecule has 2 aromatic carbocycles. The minimum absolute atomic E-state index is 0.0931. The molecule has 2 aromatic rings. The summed E-state index contributed by atoms with van der Waals surface area (Å²) in [4.78, 5) is 12.8. The molecule has 1 aliphatic carbocycles. The second kappa shape index (κ2) is 5.66. The first-order chi connectivity index (χ1) is 12.7. The summed E-state index contributed by atoms with van der Waals surface area (Å²) in [6.07, 6.45) is 1.15. The Labute approximate surface area is 155 Å². The van der Waals surface area contributed by atoms with E-state index in [1.165, 1.54) is 32.3 Å². The van der Waals surface area contributed by atoms with Crippen molar-refractivity contribution in [3.8, 4) is 0 Å². The summed E-state index contributed by atoms with van der Waals surface area (Å²) in [6, 6.07) is 8.07. The lowest BCUT2D eigenvalue weighted by molar-refractivity contribution is -0.118. The monoisotopic (exact) mass is 393 g/mol. The van der Waals surface area contributed by atoms with E-state index in [-0.39, 0.29) is 17.1 Å². The van der Waals surface area contributed by atoms with Crippen molar-refractivity contribution in [3.63, 3.8) is 0 Å². The van der Waals surface area contributed by atoms with Crippen LogP contribution in [0.15, 0.2) is 36.4 Å². The number of nitrogens with one attached hydrogen (secondary N) is 1. The first-order valence-electron chi connectivity index (χ1n) is 8.31. The van der Waals surface area contributed by atoms with Gasteiger partial charge in [0, 0.05) is 20.2 Å². The van der Waals surface area contributed by atoms with E-state index in [1.54, 1.807) is 12.1 Å². The van der Waals surface area contributed by atoms with Crippen LogP contribution in [0.4, 0.5) is 25.8 Å². The maximum atomic E-state index is 14.5. The second-order valence-electron chi connectivity index (χ2n) is 6.81. The van der Waals surface area contributed by atoms with E-state index >= 15 is 0 Å². The van der Waals surface area contributed by atoms with Crippen molar-refractivity contribution < 1.29 is 22.0 Å². The van der Waals surface area contributed by atoms with Crippen molar-refractivity contribution in [1.82, 2.24) is 0 Å². The first-order valence-corrected chi connectivity index (χ1v) is 9.70. The molecule has 27 heavy (non-hydrogen) atoms. The fourth-order valence-corrected chi connectivity index (χ4v) is 4.52. The molecule has 2 aliphatic rings. The number of anilines is 3. The number of carbonyl (C=O) groups excluding carboxylic acids is 1. The molecule has 1 aliphatic heterocycles. The molecule has 0 saturated heterocycles. The van der Waals surface area contributed by atoms with E-state index < -0.39 is 33.2 Å². The summed E-state index contributed by atoms with van der Waals surface area (Å²) in [5, 5.41) is 2.57. The standard InChI is InChI=1S/C18H17F2N3O3S/c1-22-15-9-13(20)14(10-16(15)23(2)27(22,25)26)21-17(24)18(7-8-18)11-3-5-12(19)6-4-11/h3-6,9-10H,7-8H2,1-2H3,(H,21,24). The van der Waals surface area contributed by atoms with Gasteiger partial charge in [-0.3, -0.25) is 13.4 Å². The minimum Gasteiger partial charge on any atom is -0.323 e. The van der Waals surface area contributed by atoms with Crippen LogP contribution in [0.5, 0.6) is 0 Å². The quantitative estimate of drug-likeness (QED) is 0.872. The van der Waals surface area contributed by atoms with Gasteiger partial charge in [0.25, 0.3) is 0 Å². The molecule has 6 nitrogen and oxygen atoms in total. The summed E-state index contributed by atoms with van der Waals surface area (Å²) in [5.74, 6) is -1.52. The van der Waals surface area contributed by atoms with Crippen LogP contribution >= 0.6 is 0 Å². The molecule has 0 aromatic heterocycles. The Hall–Kier alpha value is -2.68. The molecule has 1 heterocycles. The molecular formula is C18H17F2N3O3S. The van der Waals surface area contributed by atoms with Crippen molar-refractivity contribution in [2.24, 2.45) is 0 Å². The highest BCUT2D eigenvalue weighted by molar-refractivity contribution is 7.94. The normalized spacial score (nSPS) is 19.0. The number of hydrogen-bond donors (Lipinski definition) is 1. The largest absolute Gasteiger partial charge is 0.326 e. The van der Waals surface area contributed by atoms with Gasteiger partial charge in [0.2, 0.25) is 5.91 Å². The molecule has 0 atom stereocenters. The molecule has 142 valence electrons. The maximum Gasteiger partial charge on any atom is 0.326 e. The fourth-order valence-electron chi connectivity index (χ4n) is 3.37. The van der Waals surface area contributed by atoms with Crippen LogP contribution in [0.2, 0.25) is 0 Å². The molecule has 0 unspecified atom stereocenters. The van der Waals surface area contributed by atoms with Gasteiger partial charge < -0.3 is 5.32 Å². The Balaban J connectivity index is 1.66. The second-order valence-corrected chi connectivity index (χ2v) is 8.80. The van der Waals surface area contributed by atoms with Crippen molar-refractivity contribution in [1.29, 1.82) is 0 Å². The number of hydrogen-bond acceptors (Lipinski definition) is 3. The van der Waals surface area contributed by atoms with E-state index in [2.05, 4.69) is 5.32 Å². The highest BCUT2D eigenvalue weighted by atomic mass is 32.2.